The topological polar surface area (TPSA) is 76.0 Å². The third-order valence-corrected chi connectivity index (χ3v) is 1.48. The van der Waals surface area contributed by atoms with Crippen molar-refractivity contribution in [1.82, 2.24) is 0 Å². The predicted octanol–water partition coefficient (Wildman–Crippen LogP) is 2.43. The molecule has 0 bridgehead atoms. The molecule has 0 aliphatic carbocycles. The second-order valence-electron chi connectivity index (χ2n) is 2.72. The average molecular weight is 241 g/mol. The number of halogens is 3. The summed E-state index contributed by atoms with van der Waals surface area (Å²) in [5.74, 6) is -2.26. The van der Waals surface area contributed by atoms with Crippen LogP contribution in [0.15, 0.2) is 16.6 Å². The van der Waals surface area contributed by atoms with Crippen molar-refractivity contribution in [2.45, 2.75) is 25.9 Å². The van der Waals surface area contributed by atoms with Gasteiger partial charge in [0.25, 0.3) is 0 Å². The van der Waals surface area contributed by atoms with Crippen molar-refractivity contribution >= 4 is 5.97 Å². The van der Waals surface area contributed by atoms with Gasteiger partial charge in [0.1, 0.15) is 5.76 Å². The van der Waals surface area contributed by atoms with E-state index in [1.165, 1.54) is 6.92 Å². The molecule has 0 aliphatic rings. The van der Waals surface area contributed by atoms with Gasteiger partial charge in [0.2, 0.25) is 5.70 Å². The lowest BCUT2D eigenvalue weighted by Crippen LogP contribution is -2.11. The maximum absolute atomic E-state index is 11.8. The Hall–Kier alpha value is -1.60. The molecule has 0 rings (SSSR count). The third kappa shape index (κ3) is 5.32. The van der Waals surface area contributed by atoms with Gasteiger partial charge in [0, 0.05) is 6.42 Å². The van der Waals surface area contributed by atoms with Crippen LogP contribution in [-0.2, 0) is 9.53 Å². The van der Waals surface area contributed by atoms with Gasteiger partial charge in [0.05, 0.1) is 13.0 Å². The second kappa shape index (κ2) is 6.09. The first-order valence-corrected chi connectivity index (χ1v) is 4.31. The highest BCUT2D eigenvalue weighted by molar-refractivity contribution is 5.88. The lowest BCUT2D eigenvalue weighted by atomic mass is 10.2. The monoisotopic (exact) mass is 241 g/mol. The van der Waals surface area contributed by atoms with Crippen LogP contribution in [0.25, 0.3) is 0 Å². The zero-order chi connectivity index (χ0) is 12.8. The molecular formula is C8H10F3NO4. The molecule has 8 heteroatoms. The minimum absolute atomic E-state index is 0.0790. The van der Waals surface area contributed by atoms with Gasteiger partial charge >= 0.3 is 12.1 Å². The van der Waals surface area contributed by atoms with Crippen molar-refractivity contribution in [1.29, 1.82) is 0 Å². The van der Waals surface area contributed by atoms with E-state index in [-0.39, 0.29) is 6.61 Å². The van der Waals surface area contributed by atoms with Crippen molar-refractivity contribution in [3.05, 3.63) is 16.4 Å². The Morgan fingerprint density at radius 2 is 2.00 bits per heavy atom. The van der Waals surface area contributed by atoms with Crippen LogP contribution in [0.3, 0.4) is 0 Å². The van der Waals surface area contributed by atoms with Crippen LogP contribution in [0.4, 0.5) is 13.2 Å². The van der Waals surface area contributed by atoms with E-state index < -0.39 is 36.4 Å². The summed E-state index contributed by atoms with van der Waals surface area (Å²) >= 11 is 0. The quantitative estimate of drug-likeness (QED) is 0.347. The molecule has 0 aromatic heterocycles. The summed E-state index contributed by atoms with van der Waals surface area (Å²) in [6.45, 7) is 1.36. The summed E-state index contributed by atoms with van der Waals surface area (Å²) in [7, 11) is 0. The SMILES string of the molecule is CCOC(=O)C(N=O)=C(O)CCC(F)(F)F. The van der Waals surface area contributed by atoms with Crippen LogP contribution in [0, 0.1) is 4.91 Å². The van der Waals surface area contributed by atoms with Crippen molar-refractivity contribution in [2.24, 2.45) is 5.18 Å². The molecule has 0 heterocycles. The molecule has 16 heavy (non-hydrogen) atoms. The summed E-state index contributed by atoms with van der Waals surface area (Å²) in [5.41, 5.74) is -1.02. The first-order valence-electron chi connectivity index (χ1n) is 4.31. The number of carbonyl (C=O) groups excluding carboxylic acids is 1. The number of aliphatic hydroxyl groups is 1. The molecular weight excluding hydrogens is 231 g/mol. The molecule has 0 aliphatic heterocycles. The fourth-order valence-electron chi connectivity index (χ4n) is 0.786. The molecule has 0 aromatic carbocycles. The van der Waals surface area contributed by atoms with Gasteiger partial charge in [0.15, 0.2) is 0 Å². The number of rotatable bonds is 5. The van der Waals surface area contributed by atoms with Crippen LogP contribution in [0.5, 0.6) is 0 Å². The molecule has 0 aromatic rings. The van der Waals surface area contributed by atoms with Gasteiger partial charge in [-0.25, -0.2) is 4.79 Å². The molecule has 0 atom stereocenters. The highest BCUT2D eigenvalue weighted by atomic mass is 19.4. The summed E-state index contributed by atoms with van der Waals surface area (Å²) in [6.07, 6.45) is -6.72. The number of hydrogen-bond acceptors (Lipinski definition) is 5. The number of nitrogens with zero attached hydrogens (tertiary/aromatic N) is 1. The number of nitroso groups, excluding NO2 is 1. The second-order valence-corrected chi connectivity index (χ2v) is 2.72. The Morgan fingerprint density at radius 3 is 2.38 bits per heavy atom. The fraction of sp³-hybridized carbons (Fsp3) is 0.625. The Bertz CT molecular complexity index is 298. The van der Waals surface area contributed by atoms with Crippen molar-refractivity contribution in [3.63, 3.8) is 0 Å². The molecule has 0 radical (unpaired) electrons. The first kappa shape index (κ1) is 14.4. The van der Waals surface area contributed by atoms with E-state index in [9.17, 15) is 22.9 Å². The van der Waals surface area contributed by atoms with Crippen molar-refractivity contribution < 1.29 is 27.8 Å². The van der Waals surface area contributed by atoms with Gasteiger partial charge in [-0.2, -0.15) is 13.2 Å². The molecule has 0 amide bonds. The normalized spacial score (nSPS) is 13.0. The maximum Gasteiger partial charge on any atom is 0.389 e. The van der Waals surface area contributed by atoms with E-state index in [1.54, 1.807) is 0 Å². The zero-order valence-electron chi connectivity index (χ0n) is 8.37. The van der Waals surface area contributed by atoms with Crippen molar-refractivity contribution in [3.8, 4) is 0 Å². The minimum atomic E-state index is -4.49. The summed E-state index contributed by atoms with van der Waals surface area (Å²) < 4.78 is 39.6. The smallest absolute Gasteiger partial charge is 0.389 e. The Labute approximate surface area is 88.9 Å². The molecule has 0 saturated heterocycles. The van der Waals surface area contributed by atoms with Gasteiger partial charge in [-0.05, 0) is 12.1 Å². The van der Waals surface area contributed by atoms with Gasteiger partial charge in [-0.15, -0.1) is 4.91 Å². The number of alkyl halides is 3. The predicted molar refractivity (Wildman–Crippen MR) is 47.4 cm³/mol. The molecule has 92 valence electrons. The van der Waals surface area contributed by atoms with E-state index in [2.05, 4.69) is 9.91 Å². The van der Waals surface area contributed by atoms with E-state index in [0.717, 1.165) is 0 Å². The average Bonchev–Trinajstić information content (AvgIpc) is 2.15. The number of esters is 1. The summed E-state index contributed by atoms with van der Waals surface area (Å²) in [4.78, 5) is 21.1. The van der Waals surface area contributed by atoms with Crippen LogP contribution in [0.2, 0.25) is 0 Å². The zero-order valence-corrected chi connectivity index (χ0v) is 8.37. The molecule has 1 N–H and O–H groups in total. The lowest BCUT2D eigenvalue weighted by Gasteiger charge is -2.06. The summed E-state index contributed by atoms with van der Waals surface area (Å²) in [6, 6.07) is 0. The lowest BCUT2D eigenvalue weighted by molar-refractivity contribution is -0.140. The van der Waals surface area contributed by atoms with Gasteiger partial charge < -0.3 is 9.84 Å². The molecule has 0 fully saturated rings. The van der Waals surface area contributed by atoms with Gasteiger partial charge in [-0.3, -0.25) is 0 Å². The Morgan fingerprint density at radius 1 is 1.44 bits per heavy atom. The number of ether oxygens (including phenoxy) is 1. The maximum atomic E-state index is 11.8. The van der Waals surface area contributed by atoms with Crippen LogP contribution >= 0.6 is 0 Å². The number of allylic oxidation sites excluding steroid dienone is 1. The fourth-order valence-corrected chi connectivity index (χ4v) is 0.786. The Kier molecular flexibility index (Phi) is 5.48. The van der Waals surface area contributed by atoms with E-state index >= 15 is 0 Å². The summed E-state index contributed by atoms with van der Waals surface area (Å²) in [5, 5.41) is 11.2. The first-order chi connectivity index (χ1) is 7.31. The number of carbonyl (C=O) groups is 1. The highest BCUT2D eigenvalue weighted by Gasteiger charge is 2.28. The van der Waals surface area contributed by atoms with Crippen LogP contribution in [-0.4, -0.2) is 23.9 Å². The molecule has 5 nitrogen and oxygen atoms in total. The van der Waals surface area contributed by atoms with Gasteiger partial charge in [-0.1, -0.05) is 0 Å². The minimum Gasteiger partial charge on any atom is -0.510 e. The number of hydrogen-bond donors (Lipinski definition) is 1. The molecule has 0 spiro atoms. The third-order valence-electron chi connectivity index (χ3n) is 1.48. The van der Waals surface area contributed by atoms with E-state index in [0.29, 0.717) is 0 Å². The van der Waals surface area contributed by atoms with E-state index in [4.69, 9.17) is 5.11 Å². The van der Waals surface area contributed by atoms with Crippen LogP contribution < -0.4 is 0 Å². The van der Waals surface area contributed by atoms with Crippen molar-refractivity contribution in [2.75, 3.05) is 6.61 Å². The largest absolute Gasteiger partial charge is 0.510 e. The highest BCUT2D eigenvalue weighted by Crippen LogP contribution is 2.24. The van der Waals surface area contributed by atoms with Crippen LogP contribution in [0.1, 0.15) is 19.8 Å². The van der Waals surface area contributed by atoms with E-state index in [1.807, 2.05) is 0 Å². The molecule has 0 saturated carbocycles. The molecule has 0 unspecified atom stereocenters. The number of aliphatic hydroxyl groups excluding tert-OH is 1. The Balaban J connectivity index is 4.62. The standard InChI is InChI=1S/C8H10F3NO4/c1-2-16-7(14)6(12-15)5(13)3-4-8(9,10)11/h13H,2-4H2,1H3.